The molecule has 18 heavy (non-hydrogen) atoms. The lowest BCUT2D eigenvalue weighted by Crippen LogP contribution is -2.36. The van der Waals surface area contributed by atoms with Gasteiger partial charge in [-0.15, -0.1) is 0 Å². The first kappa shape index (κ1) is 12.4. The third kappa shape index (κ3) is 3.00. The van der Waals surface area contributed by atoms with Gasteiger partial charge in [0.25, 0.3) is 5.91 Å². The van der Waals surface area contributed by atoms with E-state index in [4.69, 9.17) is 0 Å². The number of nitrogens with one attached hydrogen (secondary N) is 2. The summed E-state index contributed by atoms with van der Waals surface area (Å²) in [6.07, 6.45) is 4.51. The summed E-state index contributed by atoms with van der Waals surface area (Å²) in [5, 5.41) is 7.05. The molecule has 0 saturated carbocycles. The maximum atomic E-state index is 11.9. The van der Waals surface area contributed by atoms with Gasteiger partial charge in [-0.25, -0.2) is 0 Å². The van der Waals surface area contributed by atoms with E-state index in [1.165, 1.54) is 0 Å². The molecule has 0 aliphatic heterocycles. The molecule has 1 unspecified atom stereocenters. The fraction of sp³-hybridized carbons (Fsp3) is 0.385. The second kappa shape index (κ2) is 5.53. The highest BCUT2D eigenvalue weighted by molar-refractivity contribution is 5.92. The molecule has 0 aliphatic rings. The molecule has 1 amide bonds. The zero-order chi connectivity index (χ0) is 13.0. The molecule has 2 aromatic rings. The number of amides is 1. The topological polar surface area (TPSA) is 62.7 Å². The van der Waals surface area contributed by atoms with Crippen molar-refractivity contribution in [1.29, 1.82) is 0 Å². The summed E-state index contributed by atoms with van der Waals surface area (Å²) in [6.45, 7) is 4.68. The quantitative estimate of drug-likeness (QED) is 0.841. The number of aryl methyl sites for hydroxylation is 1. The van der Waals surface area contributed by atoms with Crippen molar-refractivity contribution < 1.29 is 4.79 Å². The molecule has 0 bridgehead atoms. The highest BCUT2D eigenvalue weighted by atomic mass is 16.1. The summed E-state index contributed by atoms with van der Waals surface area (Å²) in [6, 6.07) is 5.65. The summed E-state index contributed by atoms with van der Waals surface area (Å²) in [5.74, 6) is -0.0747. The second-order valence-corrected chi connectivity index (χ2v) is 4.35. The molecule has 0 radical (unpaired) electrons. The maximum absolute atomic E-state index is 11.9. The van der Waals surface area contributed by atoms with Crippen LogP contribution in [0.5, 0.6) is 0 Å². The summed E-state index contributed by atoms with van der Waals surface area (Å²) >= 11 is 0. The molecule has 2 aromatic heterocycles. The molecular weight excluding hydrogens is 228 g/mol. The minimum atomic E-state index is -0.0747. The zero-order valence-electron chi connectivity index (χ0n) is 10.7. The molecule has 1 atom stereocenters. The van der Waals surface area contributed by atoms with Crippen molar-refractivity contribution in [2.75, 3.05) is 0 Å². The van der Waals surface area contributed by atoms with E-state index in [9.17, 15) is 4.79 Å². The Hall–Kier alpha value is -2.04. The van der Waals surface area contributed by atoms with Gasteiger partial charge in [-0.05, 0) is 31.5 Å². The third-order valence-corrected chi connectivity index (χ3v) is 2.77. The van der Waals surface area contributed by atoms with E-state index in [0.717, 1.165) is 12.1 Å². The minimum Gasteiger partial charge on any atom is -0.354 e. The maximum Gasteiger partial charge on any atom is 0.267 e. The number of hydrogen-bond acceptors (Lipinski definition) is 2. The molecule has 0 fully saturated rings. The Morgan fingerprint density at radius 1 is 1.56 bits per heavy atom. The molecule has 2 N–H and O–H groups in total. The number of carbonyl (C=O) groups excluding carboxylic acids is 1. The fourth-order valence-electron chi connectivity index (χ4n) is 1.82. The zero-order valence-corrected chi connectivity index (χ0v) is 10.7. The number of hydrogen-bond donors (Lipinski definition) is 2. The van der Waals surface area contributed by atoms with Crippen molar-refractivity contribution in [3.8, 4) is 0 Å². The van der Waals surface area contributed by atoms with E-state index in [-0.39, 0.29) is 11.9 Å². The van der Waals surface area contributed by atoms with E-state index in [0.29, 0.717) is 12.2 Å². The first-order chi connectivity index (χ1) is 8.69. The van der Waals surface area contributed by atoms with Gasteiger partial charge in [-0.1, -0.05) is 6.92 Å². The molecule has 2 heterocycles. The number of H-pyrrole nitrogens is 1. The van der Waals surface area contributed by atoms with Gasteiger partial charge in [-0.3, -0.25) is 9.48 Å². The van der Waals surface area contributed by atoms with Crippen molar-refractivity contribution >= 4 is 5.91 Å². The Bertz CT molecular complexity index is 501. The third-order valence-electron chi connectivity index (χ3n) is 2.77. The van der Waals surface area contributed by atoms with Crippen molar-refractivity contribution in [3.05, 3.63) is 42.0 Å². The summed E-state index contributed by atoms with van der Waals surface area (Å²) in [4.78, 5) is 15.0. The Kier molecular flexibility index (Phi) is 3.82. The van der Waals surface area contributed by atoms with Gasteiger partial charge in [0.05, 0.1) is 6.54 Å². The Morgan fingerprint density at radius 2 is 2.39 bits per heavy atom. The predicted molar refractivity (Wildman–Crippen MR) is 69.3 cm³/mol. The molecule has 96 valence electrons. The Labute approximate surface area is 106 Å². The van der Waals surface area contributed by atoms with Gasteiger partial charge in [-0.2, -0.15) is 5.10 Å². The number of nitrogens with zero attached hydrogens (tertiary/aromatic N) is 2. The van der Waals surface area contributed by atoms with Gasteiger partial charge < -0.3 is 10.3 Å². The lowest BCUT2D eigenvalue weighted by atomic mass is 10.3. The van der Waals surface area contributed by atoms with Crippen LogP contribution in [0.2, 0.25) is 0 Å². The van der Waals surface area contributed by atoms with Crippen LogP contribution in [0.4, 0.5) is 0 Å². The van der Waals surface area contributed by atoms with Crippen LogP contribution in [-0.2, 0) is 13.0 Å². The van der Waals surface area contributed by atoms with Crippen molar-refractivity contribution in [1.82, 2.24) is 20.1 Å². The van der Waals surface area contributed by atoms with Crippen molar-refractivity contribution in [2.24, 2.45) is 0 Å². The molecule has 0 saturated heterocycles. The monoisotopic (exact) mass is 246 g/mol. The number of aromatic amines is 1. The molecule has 0 spiro atoms. The van der Waals surface area contributed by atoms with Gasteiger partial charge in [0.1, 0.15) is 5.69 Å². The van der Waals surface area contributed by atoms with Crippen LogP contribution in [0.3, 0.4) is 0 Å². The smallest absolute Gasteiger partial charge is 0.267 e. The van der Waals surface area contributed by atoms with Crippen LogP contribution in [0.15, 0.2) is 30.6 Å². The molecule has 2 rings (SSSR count). The van der Waals surface area contributed by atoms with Gasteiger partial charge >= 0.3 is 0 Å². The standard InChI is InChI=1S/C13H18N4O/c1-3-11-5-6-12(16-11)13(18)15-10(2)9-17-8-4-7-14-17/h4-8,10,16H,3,9H2,1-2H3,(H,15,18). The normalized spacial score (nSPS) is 12.3. The summed E-state index contributed by atoms with van der Waals surface area (Å²) in [5.41, 5.74) is 1.68. The highest BCUT2D eigenvalue weighted by Crippen LogP contribution is 2.03. The largest absolute Gasteiger partial charge is 0.354 e. The lowest BCUT2D eigenvalue weighted by molar-refractivity contribution is 0.0931. The molecule has 0 aliphatic carbocycles. The Morgan fingerprint density at radius 3 is 3.00 bits per heavy atom. The Balaban J connectivity index is 1.90. The van der Waals surface area contributed by atoms with E-state index in [2.05, 4.69) is 15.4 Å². The average Bonchev–Trinajstić information content (AvgIpc) is 2.98. The van der Waals surface area contributed by atoms with Crippen LogP contribution in [0.25, 0.3) is 0 Å². The van der Waals surface area contributed by atoms with Crippen LogP contribution >= 0.6 is 0 Å². The van der Waals surface area contributed by atoms with E-state index in [1.807, 2.05) is 38.2 Å². The first-order valence-corrected chi connectivity index (χ1v) is 6.15. The summed E-state index contributed by atoms with van der Waals surface area (Å²) < 4.78 is 1.80. The number of rotatable bonds is 5. The minimum absolute atomic E-state index is 0.0331. The molecular formula is C13H18N4O. The van der Waals surface area contributed by atoms with E-state index >= 15 is 0 Å². The number of aromatic nitrogens is 3. The first-order valence-electron chi connectivity index (χ1n) is 6.15. The SMILES string of the molecule is CCc1ccc(C(=O)NC(C)Cn2cccn2)[nH]1. The van der Waals surface area contributed by atoms with Crippen LogP contribution in [0, 0.1) is 0 Å². The van der Waals surface area contributed by atoms with Crippen molar-refractivity contribution in [3.63, 3.8) is 0 Å². The average molecular weight is 246 g/mol. The molecule has 5 heteroatoms. The van der Waals surface area contributed by atoms with Crippen molar-refractivity contribution in [2.45, 2.75) is 32.9 Å². The van der Waals surface area contributed by atoms with Gasteiger partial charge in [0.2, 0.25) is 0 Å². The highest BCUT2D eigenvalue weighted by Gasteiger charge is 2.11. The van der Waals surface area contributed by atoms with Crippen LogP contribution < -0.4 is 5.32 Å². The second-order valence-electron chi connectivity index (χ2n) is 4.35. The lowest BCUT2D eigenvalue weighted by Gasteiger charge is -2.13. The van der Waals surface area contributed by atoms with E-state index < -0.39 is 0 Å². The van der Waals surface area contributed by atoms with Gasteiger partial charge in [0, 0.05) is 24.1 Å². The fourth-order valence-corrected chi connectivity index (χ4v) is 1.82. The van der Waals surface area contributed by atoms with E-state index in [1.54, 1.807) is 10.9 Å². The molecule has 5 nitrogen and oxygen atoms in total. The molecule has 0 aromatic carbocycles. The number of carbonyl (C=O) groups is 1. The van der Waals surface area contributed by atoms with Gasteiger partial charge in [0.15, 0.2) is 0 Å². The van der Waals surface area contributed by atoms with Crippen LogP contribution in [-0.4, -0.2) is 26.7 Å². The summed E-state index contributed by atoms with van der Waals surface area (Å²) in [7, 11) is 0. The van der Waals surface area contributed by atoms with Crippen LogP contribution in [0.1, 0.15) is 30.0 Å². The predicted octanol–water partition coefficient (Wildman–Crippen LogP) is 1.59.